The first-order chi connectivity index (χ1) is 30.4. The van der Waals surface area contributed by atoms with Gasteiger partial charge in [-0.25, -0.2) is 0 Å². The zero-order valence-corrected chi connectivity index (χ0v) is 36.1. The second kappa shape index (κ2) is 13.8. The molecule has 2 heteroatoms. The summed E-state index contributed by atoms with van der Waals surface area (Å²) >= 11 is 1.84. The van der Waals surface area contributed by atoms with Crippen molar-refractivity contribution in [2.75, 3.05) is 4.90 Å². The summed E-state index contributed by atoms with van der Waals surface area (Å²) in [5, 5.41) is 2.46. The molecule has 7 aromatic carbocycles. The average molecular weight is 812 g/mol. The van der Waals surface area contributed by atoms with Crippen LogP contribution in [0.2, 0.25) is 0 Å². The molecule has 4 aliphatic rings. The van der Waals surface area contributed by atoms with Gasteiger partial charge in [0.1, 0.15) is 0 Å². The Bertz CT molecular complexity index is 3390. The minimum absolute atomic E-state index is 0.149. The van der Waals surface area contributed by atoms with Crippen LogP contribution in [0, 0.1) is 0 Å². The van der Waals surface area contributed by atoms with Crippen LogP contribution >= 0.6 is 11.3 Å². The van der Waals surface area contributed by atoms with Gasteiger partial charge in [0, 0.05) is 42.3 Å². The van der Waals surface area contributed by atoms with Gasteiger partial charge in [0.15, 0.2) is 0 Å². The van der Waals surface area contributed by atoms with Gasteiger partial charge in [-0.05, 0) is 128 Å². The maximum absolute atomic E-state index is 4.95. The third-order valence-electron chi connectivity index (χ3n) is 14.0. The molecule has 0 saturated heterocycles. The highest BCUT2D eigenvalue weighted by molar-refractivity contribution is 7.17. The Kier molecular flexibility index (Phi) is 8.17. The van der Waals surface area contributed by atoms with E-state index < -0.39 is 5.41 Å². The number of nitrogens with zero attached hydrogens (tertiary/aromatic N) is 1. The minimum Gasteiger partial charge on any atom is -0.311 e. The van der Waals surface area contributed by atoms with Gasteiger partial charge in [-0.1, -0.05) is 178 Å². The summed E-state index contributed by atoms with van der Waals surface area (Å²) in [6, 6.07) is 61.2. The first-order valence-electron chi connectivity index (χ1n) is 21.8. The quantitative estimate of drug-likeness (QED) is 0.167. The Morgan fingerprint density at radius 1 is 0.613 bits per heavy atom. The number of thiophene rings is 1. The van der Waals surface area contributed by atoms with Gasteiger partial charge in [-0.2, -0.15) is 0 Å². The van der Waals surface area contributed by atoms with Crippen LogP contribution in [0.3, 0.4) is 0 Å². The molecule has 4 aliphatic carbocycles. The monoisotopic (exact) mass is 811 g/mol. The number of benzene rings is 7. The van der Waals surface area contributed by atoms with Crippen molar-refractivity contribution in [1.29, 1.82) is 0 Å². The molecule has 1 nitrogen and oxygen atoms in total. The molecule has 1 spiro atoms. The van der Waals surface area contributed by atoms with E-state index in [1.165, 1.54) is 97.8 Å². The van der Waals surface area contributed by atoms with E-state index in [1.54, 1.807) is 0 Å². The molecule has 0 bridgehead atoms. The fourth-order valence-electron chi connectivity index (χ4n) is 11.5. The molecule has 0 saturated carbocycles. The van der Waals surface area contributed by atoms with Gasteiger partial charge in [0.05, 0.1) is 5.41 Å². The molecular weight excluding hydrogens is 767 g/mol. The van der Waals surface area contributed by atoms with E-state index in [4.69, 9.17) is 6.58 Å². The SMILES string of the molecule is C=C(/C=c1\c(=C/C)sc2ccccc12)N(c1cccc(C2=CCC=CC3=C2C(C)(C)c2ccccc23)c1)c1ccc2c(c1)C1(c3ccccc3-c3ccccc31)c1ccccc1-2. The minimum atomic E-state index is -0.453. The van der Waals surface area contributed by atoms with Gasteiger partial charge < -0.3 is 4.90 Å². The molecule has 0 atom stereocenters. The summed E-state index contributed by atoms with van der Waals surface area (Å²) in [5.41, 5.74) is 21.0. The van der Waals surface area contributed by atoms with Gasteiger partial charge >= 0.3 is 0 Å². The highest BCUT2D eigenvalue weighted by Crippen LogP contribution is 2.63. The number of hydrogen-bond donors (Lipinski definition) is 0. The predicted octanol–water partition coefficient (Wildman–Crippen LogP) is 14.3. The average Bonchev–Trinajstić information content (AvgIpc) is 3.91. The molecule has 0 aliphatic heterocycles. The Hall–Kier alpha value is -7.00. The molecule has 0 amide bonds. The van der Waals surface area contributed by atoms with Crippen LogP contribution < -0.4 is 14.7 Å². The number of allylic oxidation sites excluding steroid dienone is 7. The zero-order valence-electron chi connectivity index (χ0n) is 35.2. The van der Waals surface area contributed by atoms with Crippen molar-refractivity contribution in [2.24, 2.45) is 0 Å². The largest absolute Gasteiger partial charge is 0.311 e. The van der Waals surface area contributed by atoms with Crippen LogP contribution in [0.15, 0.2) is 200 Å². The van der Waals surface area contributed by atoms with E-state index in [9.17, 15) is 0 Å². The Balaban J connectivity index is 1.09. The van der Waals surface area contributed by atoms with Crippen molar-refractivity contribution in [1.82, 2.24) is 0 Å². The lowest BCUT2D eigenvalue weighted by molar-refractivity contribution is 0.658. The van der Waals surface area contributed by atoms with Crippen LogP contribution in [-0.2, 0) is 10.8 Å². The highest BCUT2D eigenvalue weighted by atomic mass is 32.1. The van der Waals surface area contributed by atoms with E-state index in [-0.39, 0.29) is 5.41 Å². The maximum Gasteiger partial charge on any atom is 0.0726 e. The van der Waals surface area contributed by atoms with E-state index in [2.05, 4.69) is 220 Å². The molecule has 12 rings (SSSR count). The molecule has 0 unspecified atom stereocenters. The van der Waals surface area contributed by atoms with E-state index in [0.29, 0.717) is 0 Å². The van der Waals surface area contributed by atoms with Crippen molar-refractivity contribution in [3.8, 4) is 22.3 Å². The molecule has 0 N–H and O–H groups in total. The molecule has 0 radical (unpaired) electrons. The molecule has 1 aromatic heterocycles. The van der Waals surface area contributed by atoms with E-state index in [1.807, 2.05) is 11.3 Å². The molecule has 296 valence electrons. The summed E-state index contributed by atoms with van der Waals surface area (Å²) in [4.78, 5) is 2.40. The van der Waals surface area contributed by atoms with Gasteiger partial charge in [-0.15, -0.1) is 11.3 Å². The second-order valence-electron chi connectivity index (χ2n) is 17.5. The van der Waals surface area contributed by atoms with Crippen molar-refractivity contribution in [2.45, 2.75) is 38.0 Å². The number of fused-ring (bicyclic) bond motifs is 13. The zero-order chi connectivity index (χ0) is 41.7. The summed E-state index contributed by atoms with van der Waals surface area (Å²) < 4.78 is 2.53. The Labute approximate surface area is 368 Å². The maximum atomic E-state index is 4.95. The normalized spacial score (nSPS) is 16.4. The fraction of sp³-hybridized carbons (Fsp3) is 0.100. The third kappa shape index (κ3) is 5.08. The van der Waals surface area contributed by atoms with E-state index >= 15 is 0 Å². The lowest BCUT2D eigenvalue weighted by Crippen LogP contribution is -2.26. The van der Waals surface area contributed by atoms with Crippen LogP contribution in [0.4, 0.5) is 11.4 Å². The topological polar surface area (TPSA) is 3.24 Å². The number of anilines is 2. The lowest BCUT2D eigenvalue weighted by Gasteiger charge is -2.32. The number of hydrogen-bond acceptors (Lipinski definition) is 2. The van der Waals surface area contributed by atoms with Crippen LogP contribution in [-0.4, -0.2) is 0 Å². The predicted molar refractivity (Wildman–Crippen MR) is 264 cm³/mol. The highest BCUT2D eigenvalue weighted by Gasteiger charge is 2.51. The van der Waals surface area contributed by atoms with E-state index in [0.717, 1.165) is 23.5 Å². The Morgan fingerprint density at radius 3 is 1.90 bits per heavy atom. The summed E-state index contributed by atoms with van der Waals surface area (Å²) in [5.74, 6) is 0. The summed E-state index contributed by atoms with van der Waals surface area (Å²) in [6.45, 7) is 11.9. The molecule has 1 heterocycles. The second-order valence-corrected chi connectivity index (χ2v) is 18.6. The standard InChI is InChI=1S/C60H45NS/c1-5-56-50(48-26-12-17-32-57(48)62-56)35-38(2)61(40-20-18-19-39(36-40)42-21-6-7-27-49-46-25-8-13-28-51(46)59(3,4)58(42)49)41-33-34-47-45-24-11-16-31-54(45)60(55(47)37-41)52-29-14-9-22-43(52)44-23-10-15-30-53(44)60/h5,7-37H,2,6H2,1,3-4H3/b50-35-,56-5+. The Morgan fingerprint density at radius 2 is 1.21 bits per heavy atom. The van der Waals surface area contributed by atoms with Crippen molar-refractivity contribution < 1.29 is 0 Å². The van der Waals surface area contributed by atoms with Gasteiger partial charge in [-0.3, -0.25) is 0 Å². The summed E-state index contributed by atoms with van der Waals surface area (Å²) in [6.07, 6.45) is 12.5. The van der Waals surface area contributed by atoms with Crippen LogP contribution in [0.5, 0.6) is 0 Å². The van der Waals surface area contributed by atoms with Gasteiger partial charge in [0.2, 0.25) is 0 Å². The molecule has 0 fully saturated rings. The molecular formula is C60H45NS. The molecule has 62 heavy (non-hydrogen) atoms. The van der Waals surface area contributed by atoms with Crippen molar-refractivity contribution in [3.63, 3.8) is 0 Å². The number of rotatable bonds is 5. The van der Waals surface area contributed by atoms with Gasteiger partial charge in [0.25, 0.3) is 0 Å². The van der Waals surface area contributed by atoms with Crippen molar-refractivity contribution in [3.05, 3.63) is 249 Å². The lowest BCUT2D eigenvalue weighted by atomic mass is 9.70. The third-order valence-corrected chi connectivity index (χ3v) is 15.2. The van der Waals surface area contributed by atoms with Crippen LogP contribution in [0.1, 0.15) is 66.1 Å². The molecule has 8 aromatic rings. The fourth-order valence-corrected chi connectivity index (χ4v) is 12.5. The first-order valence-corrected chi connectivity index (χ1v) is 22.6. The smallest absolute Gasteiger partial charge is 0.0726 e. The van der Waals surface area contributed by atoms with Crippen molar-refractivity contribution >= 4 is 56.1 Å². The van der Waals surface area contributed by atoms with Crippen LogP contribution in [0.25, 0.3) is 55.6 Å². The summed E-state index contributed by atoms with van der Waals surface area (Å²) in [7, 11) is 0. The first kappa shape index (κ1) is 36.8.